The summed E-state index contributed by atoms with van der Waals surface area (Å²) in [5.74, 6) is 0.741. The molecule has 2 nitrogen and oxygen atoms in total. The zero-order valence-corrected chi connectivity index (χ0v) is 6.47. The number of hydrogen-bond acceptors (Lipinski definition) is 1. The van der Waals surface area contributed by atoms with Crippen LogP contribution in [0.1, 0.15) is 32.6 Å². The van der Waals surface area contributed by atoms with Gasteiger partial charge in [0.15, 0.2) is 0 Å². The molecule has 1 rings (SSSR count). The third-order valence-electron chi connectivity index (χ3n) is 2.44. The van der Waals surface area contributed by atoms with Crippen LogP contribution in [0.3, 0.4) is 0 Å². The molecule has 0 aromatic carbocycles. The molecule has 2 heteroatoms. The van der Waals surface area contributed by atoms with Crippen molar-refractivity contribution in [3.05, 3.63) is 0 Å². The molecule has 0 saturated heterocycles. The third-order valence-corrected chi connectivity index (χ3v) is 2.44. The number of rotatable bonds is 3. The number of amides is 1. The molecule has 0 heterocycles. The molecule has 58 valence electrons. The lowest BCUT2D eigenvalue weighted by atomic mass is 10.0. The Balaban J connectivity index is 2.24. The average molecular weight is 141 g/mol. The van der Waals surface area contributed by atoms with Crippen molar-refractivity contribution in [2.24, 2.45) is 5.92 Å². The van der Waals surface area contributed by atoms with Crippen LogP contribution < -0.4 is 5.32 Å². The Morgan fingerprint density at radius 1 is 1.50 bits per heavy atom. The van der Waals surface area contributed by atoms with E-state index in [4.69, 9.17) is 0 Å². The summed E-state index contributed by atoms with van der Waals surface area (Å²) in [5, 5.41) is 2.81. The van der Waals surface area contributed by atoms with Gasteiger partial charge in [-0.05, 0) is 25.7 Å². The molecule has 0 aliphatic heterocycles. The minimum Gasteiger partial charge on any atom is -0.356 e. The molecule has 0 aromatic rings. The minimum atomic E-state index is 0.389. The molecular weight excluding hydrogens is 126 g/mol. The fourth-order valence-electron chi connectivity index (χ4n) is 1.70. The molecule has 0 unspecified atom stereocenters. The van der Waals surface area contributed by atoms with Gasteiger partial charge in [0.25, 0.3) is 0 Å². The highest BCUT2D eigenvalue weighted by atomic mass is 16.1. The number of carbonyl (C=O) groups excluding carboxylic acids is 1. The third kappa shape index (κ3) is 1.72. The molecule has 0 radical (unpaired) electrons. The van der Waals surface area contributed by atoms with E-state index in [0.29, 0.717) is 6.04 Å². The van der Waals surface area contributed by atoms with Crippen molar-refractivity contribution in [1.29, 1.82) is 0 Å². The zero-order chi connectivity index (χ0) is 7.40. The molecular formula is C8H15NO. The van der Waals surface area contributed by atoms with Gasteiger partial charge in [-0.1, -0.05) is 12.8 Å². The van der Waals surface area contributed by atoms with E-state index in [9.17, 15) is 4.79 Å². The highest BCUT2D eigenvalue weighted by Gasteiger charge is 2.20. The molecule has 1 atom stereocenters. The van der Waals surface area contributed by atoms with Crippen molar-refractivity contribution in [3.63, 3.8) is 0 Å². The van der Waals surface area contributed by atoms with Gasteiger partial charge >= 0.3 is 0 Å². The summed E-state index contributed by atoms with van der Waals surface area (Å²) in [6.07, 6.45) is 6.08. The molecule has 10 heavy (non-hydrogen) atoms. The van der Waals surface area contributed by atoms with Gasteiger partial charge in [0.1, 0.15) is 0 Å². The lowest BCUT2D eigenvalue weighted by Crippen LogP contribution is -2.30. The van der Waals surface area contributed by atoms with E-state index in [1.165, 1.54) is 25.7 Å². The molecule has 1 fully saturated rings. The van der Waals surface area contributed by atoms with Crippen LogP contribution in [0.5, 0.6) is 0 Å². The largest absolute Gasteiger partial charge is 0.356 e. The van der Waals surface area contributed by atoms with Crippen molar-refractivity contribution in [2.75, 3.05) is 0 Å². The van der Waals surface area contributed by atoms with E-state index >= 15 is 0 Å². The summed E-state index contributed by atoms with van der Waals surface area (Å²) in [6.45, 7) is 2.09. The highest BCUT2D eigenvalue weighted by Crippen LogP contribution is 2.27. The first kappa shape index (κ1) is 7.58. The molecule has 0 bridgehead atoms. The van der Waals surface area contributed by atoms with Gasteiger partial charge < -0.3 is 5.32 Å². The SMILES string of the molecule is C[C@H](NC=O)C1CCCC1. The van der Waals surface area contributed by atoms with Gasteiger partial charge in [-0.3, -0.25) is 4.79 Å². The summed E-state index contributed by atoms with van der Waals surface area (Å²) in [7, 11) is 0. The van der Waals surface area contributed by atoms with E-state index in [0.717, 1.165) is 12.3 Å². The molecule has 0 spiro atoms. The molecule has 1 aliphatic rings. The Bertz CT molecular complexity index is 108. The van der Waals surface area contributed by atoms with Crippen molar-refractivity contribution >= 4 is 6.41 Å². The molecule has 0 aromatic heterocycles. The normalized spacial score (nSPS) is 22.5. The predicted molar refractivity (Wildman–Crippen MR) is 40.6 cm³/mol. The van der Waals surface area contributed by atoms with Crippen molar-refractivity contribution in [1.82, 2.24) is 5.32 Å². The van der Waals surface area contributed by atoms with Crippen LogP contribution in [0.4, 0.5) is 0 Å². The average Bonchev–Trinajstić information content (AvgIpc) is 2.38. The van der Waals surface area contributed by atoms with Crippen molar-refractivity contribution in [2.45, 2.75) is 38.6 Å². The molecule has 1 saturated carbocycles. The monoisotopic (exact) mass is 141 g/mol. The van der Waals surface area contributed by atoms with Crippen LogP contribution in [0.15, 0.2) is 0 Å². The highest BCUT2D eigenvalue weighted by molar-refractivity contribution is 5.46. The maximum atomic E-state index is 10.1. The number of nitrogens with one attached hydrogen (secondary N) is 1. The Kier molecular flexibility index (Phi) is 2.72. The Hall–Kier alpha value is -0.530. The molecule has 1 amide bonds. The number of hydrogen-bond donors (Lipinski definition) is 1. The molecule has 1 aliphatic carbocycles. The smallest absolute Gasteiger partial charge is 0.207 e. The maximum absolute atomic E-state index is 10.1. The van der Waals surface area contributed by atoms with Crippen LogP contribution in [-0.4, -0.2) is 12.5 Å². The van der Waals surface area contributed by atoms with Gasteiger partial charge in [-0.15, -0.1) is 0 Å². The van der Waals surface area contributed by atoms with Crippen LogP contribution in [0, 0.1) is 5.92 Å². The van der Waals surface area contributed by atoms with Crippen LogP contribution in [0.2, 0.25) is 0 Å². The van der Waals surface area contributed by atoms with Gasteiger partial charge in [-0.25, -0.2) is 0 Å². The Morgan fingerprint density at radius 2 is 2.10 bits per heavy atom. The van der Waals surface area contributed by atoms with E-state index in [1.807, 2.05) is 0 Å². The lowest BCUT2D eigenvalue weighted by molar-refractivity contribution is -0.110. The number of carbonyl (C=O) groups is 1. The van der Waals surface area contributed by atoms with E-state index < -0.39 is 0 Å². The fourth-order valence-corrected chi connectivity index (χ4v) is 1.70. The predicted octanol–water partition coefficient (Wildman–Crippen LogP) is 1.31. The summed E-state index contributed by atoms with van der Waals surface area (Å²) < 4.78 is 0. The standard InChI is InChI=1S/C8H15NO/c1-7(9-6-10)8-4-2-3-5-8/h6-8H,2-5H2,1H3,(H,9,10)/t7-/m0/s1. The van der Waals surface area contributed by atoms with Gasteiger partial charge in [0.2, 0.25) is 6.41 Å². The summed E-state index contributed by atoms with van der Waals surface area (Å²) in [6, 6.07) is 0.389. The topological polar surface area (TPSA) is 29.1 Å². The van der Waals surface area contributed by atoms with Crippen LogP contribution in [0.25, 0.3) is 0 Å². The lowest BCUT2D eigenvalue weighted by Gasteiger charge is -2.16. The van der Waals surface area contributed by atoms with E-state index in [-0.39, 0.29) is 0 Å². The Labute approximate surface area is 62.0 Å². The first-order valence-electron chi connectivity index (χ1n) is 4.04. The van der Waals surface area contributed by atoms with Crippen LogP contribution >= 0.6 is 0 Å². The fraction of sp³-hybridized carbons (Fsp3) is 0.875. The van der Waals surface area contributed by atoms with Gasteiger partial charge in [0, 0.05) is 6.04 Å². The van der Waals surface area contributed by atoms with Crippen LogP contribution in [-0.2, 0) is 4.79 Å². The quantitative estimate of drug-likeness (QED) is 0.590. The second-order valence-corrected chi connectivity index (χ2v) is 3.12. The first-order chi connectivity index (χ1) is 4.84. The minimum absolute atomic E-state index is 0.389. The first-order valence-corrected chi connectivity index (χ1v) is 4.04. The molecule has 1 N–H and O–H groups in total. The maximum Gasteiger partial charge on any atom is 0.207 e. The Morgan fingerprint density at radius 3 is 2.60 bits per heavy atom. The van der Waals surface area contributed by atoms with Gasteiger partial charge in [0.05, 0.1) is 0 Å². The second kappa shape index (κ2) is 3.59. The zero-order valence-electron chi connectivity index (χ0n) is 6.47. The second-order valence-electron chi connectivity index (χ2n) is 3.12. The summed E-state index contributed by atoms with van der Waals surface area (Å²) in [4.78, 5) is 10.1. The van der Waals surface area contributed by atoms with Crippen molar-refractivity contribution in [3.8, 4) is 0 Å². The van der Waals surface area contributed by atoms with Crippen molar-refractivity contribution < 1.29 is 4.79 Å². The van der Waals surface area contributed by atoms with E-state index in [2.05, 4.69) is 12.2 Å². The van der Waals surface area contributed by atoms with E-state index in [1.54, 1.807) is 0 Å². The summed E-state index contributed by atoms with van der Waals surface area (Å²) in [5.41, 5.74) is 0. The summed E-state index contributed by atoms with van der Waals surface area (Å²) >= 11 is 0. The van der Waals surface area contributed by atoms with Gasteiger partial charge in [-0.2, -0.15) is 0 Å².